The molecule has 5 aromatic carbocycles. The third-order valence-electron chi connectivity index (χ3n) is 9.73. The standard InChI is InChI=1S/C48H42N2O2S2/c1-2-3-4-5-6-13-28-50-43-25-22-38(35-20-18-34(19-21-35)29-42(36-14-9-7-10-15-36)37-16-11-8-12-17-37)31-46(43)54-47-32-39(23-26-44(47)50)45-27-24-41(53-45)30-40(33-49)48(51)52/h7-12,14-27,29-32H,2-6,13,28H2,1H3,(H,51,52)/b40-30-. The minimum atomic E-state index is -1.21. The number of aliphatic carboxylic acids is 1. The van der Waals surface area contributed by atoms with Crippen molar-refractivity contribution in [1.29, 1.82) is 5.26 Å². The Kier molecular flexibility index (Phi) is 11.9. The molecule has 0 bridgehead atoms. The largest absolute Gasteiger partial charge is 0.477 e. The highest BCUT2D eigenvalue weighted by atomic mass is 32.2. The van der Waals surface area contributed by atoms with E-state index in [1.54, 1.807) is 17.8 Å². The summed E-state index contributed by atoms with van der Waals surface area (Å²) in [6.07, 6.45) is 11.2. The Morgan fingerprint density at radius 1 is 0.685 bits per heavy atom. The first-order valence-corrected chi connectivity index (χ1v) is 20.3. The fraction of sp³-hybridized carbons (Fsp3) is 0.167. The Bertz CT molecular complexity index is 2290. The van der Waals surface area contributed by atoms with Crippen LogP contribution in [-0.4, -0.2) is 17.6 Å². The van der Waals surface area contributed by atoms with E-state index in [9.17, 15) is 15.2 Å². The monoisotopic (exact) mass is 742 g/mol. The summed E-state index contributed by atoms with van der Waals surface area (Å²) in [7, 11) is 0. The summed E-state index contributed by atoms with van der Waals surface area (Å²) >= 11 is 3.30. The smallest absolute Gasteiger partial charge is 0.346 e. The maximum absolute atomic E-state index is 11.4. The fourth-order valence-corrected chi connectivity index (χ4v) is 9.01. The van der Waals surface area contributed by atoms with Crippen molar-refractivity contribution in [3.05, 3.63) is 161 Å². The van der Waals surface area contributed by atoms with E-state index in [-0.39, 0.29) is 5.57 Å². The molecule has 1 N–H and O–H groups in total. The minimum Gasteiger partial charge on any atom is -0.477 e. The molecule has 1 aliphatic heterocycles. The quantitative estimate of drug-likeness (QED) is 0.0521. The number of benzene rings is 5. The van der Waals surface area contributed by atoms with E-state index in [4.69, 9.17) is 0 Å². The maximum atomic E-state index is 11.4. The summed E-state index contributed by atoms with van der Waals surface area (Å²) in [5, 5.41) is 18.6. The molecule has 0 amide bonds. The molecule has 0 unspecified atom stereocenters. The topological polar surface area (TPSA) is 64.3 Å². The number of rotatable bonds is 14. The highest BCUT2D eigenvalue weighted by molar-refractivity contribution is 7.99. The van der Waals surface area contributed by atoms with Crippen molar-refractivity contribution in [2.75, 3.05) is 11.4 Å². The fourth-order valence-electron chi connectivity index (χ4n) is 6.89. The Balaban J connectivity index is 1.18. The Labute approximate surface area is 326 Å². The number of carbonyl (C=O) groups is 1. The van der Waals surface area contributed by atoms with E-state index >= 15 is 0 Å². The number of thiophene rings is 1. The number of nitrogens with zero attached hydrogens (tertiary/aromatic N) is 2. The minimum absolute atomic E-state index is 0.266. The second-order valence-corrected chi connectivity index (χ2v) is 15.7. The van der Waals surface area contributed by atoms with Crippen LogP contribution in [0.2, 0.25) is 0 Å². The van der Waals surface area contributed by atoms with Crippen LogP contribution in [0.25, 0.3) is 39.3 Å². The van der Waals surface area contributed by atoms with Gasteiger partial charge in [0.25, 0.3) is 0 Å². The van der Waals surface area contributed by atoms with Gasteiger partial charge in [-0.15, -0.1) is 11.3 Å². The first kappa shape index (κ1) is 36.7. The van der Waals surface area contributed by atoms with Crippen LogP contribution in [-0.2, 0) is 4.79 Å². The van der Waals surface area contributed by atoms with Crippen LogP contribution in [0.4, 0.5) is 11.4 Å². The van der Waals surface area contributed by atoms with Crippen molar-refractivity contribution >= 4 is 58.2 Å². The van der Waals surface area contributed by atoms with Crippen molar-refractivity contribution < 1.29 is 9.90 Å². The molecular formula is C48H42N2O2S2. The van der Waals surface area contributed by atoms with E-state index in [2.05, 4.69) is 139 Å². The summed E-state index contributed by atoms with van der Waals surface area (Å²) in [6.45, 7) is 3.21. The number of carboxylic acids is 1. The van der Waals surface area contributed by atoms with Gasteiger partial charge in [-0.25, -0.2) is 4.79 Å². The summed E-state index contributed by atoms with van der Waals surface area (Å²) < 4.78 is 0. The van der Waals surface area contributed by atoms with E-state index in [1.165, 1.54) is 98.5 Å². The van der Waals surface area contributed by atoms with Crippen molar-refractivity contribution in [2.24, 2.45) is 0 Å². The molecule has 54 heavy (non-hydrogen) atoms. The SMILES string of the molecule is CCCCCCCCN1c2ccc(-c3ccc(C=C(c4ccccc4)c4ccccc4)cc3)cc2Sc2cc(-c3ccc(/C=C(/C#N)C(=O)O)s3)ccc21. The van der Waals surface area contributed by atoms with Crippen LogP contribution in [0.1, 0.15) is 67.0 Å². The van der Waals surface area contributed by atoms with Crippen LogP contribution >= 0.6 is 23.1 Å². The number of hydrogen-bond acceptors (Lipinski definition) is 5. The van der Waals surface area contributed by atoms with Gasteiger partial charge in [0, 0.05) is 26.1 Å². The van der Waals surface area contributed by atoms with Gasteiger partial charge in [0.1, 0.15) is 11.6 Å². The van der Waals surface area contributed by atoms with Crippen molar-refractivity contribution in [2.45, 2.75) is 55.2 Å². The Morgan fingerprint density at radius 3 is 1.91 bits per heavy atom. The average Bonchev–Trinajstić information content (AvgIpc) is 3.69. The van der Waals surface area contributed by atoms with Crippen LogP contribution in [0.15, 0.2) is 149 Å². The zero-order chi connectivity index (χ0) is 37.3. The van der Waals surface area contributed by atoms with E-state index in [1.807, 2.05) is 12.1 Å². The van der Waals surface area contributed by atoms with E-state index < -0.39 is 5.97 Å². The Morgan fingerprint density at radius 2 is 1.28 bits per heavy atom. The van der Waals surface area contributed by atoms with Gasteiger partial charge < -0.3 is 10.0 Å². The molecule has 0 spiro atoms. The van der Waals surface area contributed by atoms with Crippen LogP contribution < -0.4 is 4.90 Å². The lowest BCUT2D eigenvalue weighted by Gasteiger charge is -2.33. The molecule has 6 aromatic rings. The molecule has 4 nitrogen and oxygen atoms in total. The molecule has 1 aliphatic rings. The molecule has 0 aliphatic carbocycles. The summed E-state index contributed by atoms with van der Waals surface area (Å²) in [6, 6.07) is 49.2. The van der Waals surface area contributed by atoms with Crippen LogP contribution in [0, 0.1) is 11.3 Å². The number of fused-ring (bicyclic) bond motifs is 2. The number of hydrogen-bond donors (Lipinski definition) is 1. The molecule has 268 valence electrons. The van der Waals surface area contributed by atoms with E-state index in [0.29, 0.717) is 0 Å². The molecule has 6 heteroatoms. The van der Waals surface area contributed by atoms with Gasteiger partial charge in [-0.2, -0.15) is 5.26 Å². The van der Waals surface area contributed by atoms with Crippen molar-refractivity contribution in [3.63, 3.8) is 0 Å². The van der Waals surface area contributed by atoms with Crippen molar-refractivity contribution in [3.8, 4) is 27.6 Å². The molecule has 0 saturated carbocycles. The second-order valence-electron chi connectivity index (χ2n) is 13.5. The first-order chi connectivity index (χ1) is 26.5. The predicted molar refractivity (Wildman–Crippen MR) is 227 cm³/mol. The molecule has 1 aromatic heterocycles. The predicted octanol–water partition coefficient (Wildman–Crippen LogP) is 13.6. The average molecular weight is 743 g/mol. The van der Waals surface area contributed by atoms with Gasteiger partial charge in [-0.05, 0) is 93.9 Å². The summed E-state index contributed by atoms with van der Waals surface area (Å²) in [5.74, 6) is -1.21. The molecular weight excluding hydrogens is 701 g/mol. The third kappa shape index (κ3) is 8.60. The lowest BCUT2D eigenvalue weighted by atomic mass is 9.95. The molecule has 2 heterocycles. The summed E-state index contributed by atoms with van der Waals surface area (Å²) in [4.78, 5) is 18.1. The van der Waals surface area contributed by atoms with Crippen LogP contribution in [0.5, 0.6) is 0 Å². The third-order valence-corrected chi connectivity index (χ3v) is 11.9. The van der Waals surface area contributed by atoms with Gasteiger partial charge in [0.05, 0.1) is 11.4 Å². The lowest BCUT2D eigenvalue weighted by molar-refractivity contribution is -0.132. The van der Waals surface area contributed by atoms with Gasteiger partial charge in [-0.1, -0.05) is 148 Å². The number of anilines is 2. The number of carboxylic acid groups (broad SMARTS) is 1. The molecule has 0 fully saturated rings. The molecule has 0 atom stereocenters. The second kappa shape index (κ2) is 17.5. The normalized spacial score (nSPS) is 12.1. The Hall–Kier alpha value is -5.61. The highest BCUT2D eigenvalue weighted by Gasteiger charge is 2.24. The zero-order valence-corrected chi connectivity index (χ0v) is 32.0. The van der Waals surface area contributed by atoms with Gasteiger partial charge in [0.15, 0.2) is 0 Å². The molecule has 7 rings (SSSR count). The van der Waals surface area contributed by atoms with E-state index in [0.717, 1.165) is 33.8 Å². The number of nitriles is 1. The molecule has 0 saturated heterocycles. The summed E-state index contributed by atoms with van der Waals surface area (Å²) in [5.41, 5.74) is 10.4. The maximum Gasteiger partial charge on any atom is 0.346 e. The zero-order valence-electron chi connectivity index (χ0n) is 30.4. The van der Waals surface area contributed by atoms with Crippen molar-refractivity contribution in [1.82, 2.24) is 0 Å². The highest BCUT2D eigenvalue weighted by Crippen LogP contribution is 2.50. The van der Waals surface area contributed by atoms with Crippen LogP contribution in [0.3, 0.4) is 0 Å². The van der Waals surface area contributed by atoms with Gasteiger partial charge in [0.2, 0.25) is 0 Å². The number of unbranched alkanes of at least 4 members (excludes halogenated alkanes) is 5. The van der Waals surface area contributed by atoms with Gasteiger partial charge >= 0.3 is 5.97 Å². The molecule has 0 radical (unpaired) electrons. The van der Waals surface area contributed by atoms with Gasteiger partial charge in [-0.3, -0.25) is 0 Å². The lowest BCUT2D eigenvalue weighted by Crippen LogP contribution is -2.22. The first-order valence-electron chi connectivity index (χ1n) is 18.6.